The summed E-state index contributed by atoms with van der Waals surface area (Å²) in [4.78, 5) is 17.6. The van der Waals surface area contributed by atoms with E-state index < -0.39 is 5.82 Å². The van der Waals surface area contributed by atoms with Gasteiger partial charge in [0.15, 0.2) is 11.6 Å². The van der Waals surface area contributed by atoms with Crippen molar-refractivity contribution in [2.24, 2.45) is 11.8 Å². The van der Waals surface area contributed by atoms with Crippen molar-refractivity contribution in [2.45, 2.75) is 19.8 Å². The number of halogens is 1. The fourth-order valence-electron chi connectivity index (χ4n) is 1.85. The zero-order chi connectivity index (χ0) is 13.1. The molecule has 1 aromatic rings. The average molecular weight is 252 g/mol. The zero-order valence-electron chi connectivity index (χ0n) is 10.3. The van der Waals surface area contributed by atoms with Crippen molar-refractivity contribution in [3.05, 3.63) is 23.6 Å². The van der Waals surface area contributed by atoms with E-state index >= 15 is 0 Å². The molecule has 1 saturated carbocycles. The molecule has 0 atom stereocenters. The Hall–Kier alpha value is -1.69. The number of nitrogen functional groups attached to an aromatic ring is 1. The van der Waals surface area contributed by atoms with Crippen LogP contribution in [-0.2, 0) is 0 Å². The summed E-state index contributed by atoms with van der Waals surface area (Å²) in [6.45, 7) is 3.16. The quantitative estimate of drug-likeness (QED) is 0.613. The number of amides is 1. The molecule has 1 amide bonds. The molecule has 18 heavy (non-hydrogen) atoms. The molecule has 0 aliphatic heterocycles. The van der Waals surface area contributed by atoms with Gasteiger partial charge in [-0.05, 0) is 31.7 Å². The Bertz CT molecular complexity index is 448. The lowest BCUT2D eigenvalue weighted by molar-refractivity contribution is 0.0752. The first-order chi connectivity index (χ1) is 8.67. The van der Waals surface area contributed by atoms with Crippen LogP contribution in [-0.4, -0.2) is 28.9 Å². The van der Waals surface area contributed by atoms with Crippen molar-refractivity contribution in [1.29, 1.82) is 0 Å². The minimum absolute atomic E-state index is 0.0143. The highest BCUT2D eigenvalue weighted by Gasteiger charge is 2.28. The van der Waals surface area contributed by atoms with Gasteiger partial charge in [-0.15, -0.1) is 0 Å². The van der Waals surface area contributed by atoms with Gasteiger partial charge in [0.25, 0.3) is 5.91 Å². The van der Waals surface area contributed by atoms with Crippen LogP contribution in [0.5, 0.6) is 0 Å². The number of hydrogen-bond donors (Lipinski definition) is 2. The Morgan fingerprint density at radius 1 is 1.67 bits per heavy atom. The summed E-state index contributed by atoms with van der Waals surface area (Å²) in [7, 11) is 0. The molecule has 0 spiro atoms. The summed E-state index contributed by atoms with van der Waals surface area (Å²) < 4.78 is 13.9. The molecular formula is C12H17FN4O. The maximum atomic E-state index is 13.9. The summed E-state index contributed by atoms with van der Waals surface area (Å²) in [5.41, 5.74) is 2.16. The Morgan fingerprint density at radius 3 is 2.94 bits per heavy atom. The molecule has 0 saturated heterocycles. The summed E-state index contributed by atoms with van der Waals surface area (Å²) in [5.74, 6) is 4.61. The number of hydrogen-bond acceptors (Lipinski definition) is 4. The van der Waals surface area contributed by atoms with E-state index in [1.807, 2.05) is 6.92 Å². The molecule has 1 aliphatic carbocycles. The number of carbonyl (C=O) groups excluding carboxylic acids is 1. The first-order valence-corrected chi connectivity index (χ1v) is 6.07. The number of anilines is 1. The van der Waals surface area contributed by atoms with E-state index in [1.54, 1.807) is 4.90 Å². The molecule has 6 heteroatoms. The predicted octanol–water partition coefficient (Wildman–Crippen LogP) is 1.38. The Balaban J connectivity index is 2.20. The average Bonchev–Trinajstić information content (AvgIpc) is 3.19. The summed E-state index contributed by atoms with van der Waals surface area (Å²) in [5, 5.41) is 0. The zero-order valence-corrected chi connectivity index (χ0v) is 10.3. The molecule has 0 unspecified atom stereocenters. The number of hydrazine groups is 1. The number of carbonyl (C=O) groups is 1. The van der Waals surface area contributed by atoms with E-state index in [2.05, 4.69) is 10.4 Å². The molecule has 3 N–H and O–H groups in total. The van der Waals surface area contributed by atoms with Gasteiger partial charge < -0.3 is 10.3 Å². The van der Waals surface area contributed by atoms with Gasteiger partial charge in [0, 0.05) is 19.3 Å². The van der Waals surface area contributed by atoms with Crippen molar-refractivity contribution in [1.82, 2.24) is 9.88 Å². The van der Waals surface area contributed by atoms with E-state index in [0.29, 0.717) is 19.0 Å². The molecule has 0 aromatic carbocycles. The van der Waals surface area contributed by atoms with Crippen LogP contribution in [0.15, 0.2) is 12.3 Å². The summed E-state index contributed by atoms with van der Waals surface area (Å²) in [6, 6.07) is 1.38. The van der Waals surface area contributed by atoms with Crippen LogP contribution in [0.3, 0.4) is 0 Å². The van der Waals surface area contributed by atoms with Gasteiger partial charge in [-0.1, -0.05) is 0 Å². The maximum absolute atomic E-state index is 13.9. The minimum Gasteiger partial charge on any atom is -0.339 e. The second kappa shape index (κ2) is 5.30. The third-order valence-corrected chi connectivity index (χ3v) is 3.10. The molecular weight excluding hydrogens is 235 g/mol. The van der Waals surface area contributed by atoms with Crippen LogP contribution in [0.25, 0.3) is 0 Å². The topological polar surface area (TPSA) is 71.2 Å². The lowest BCUT2D eigenvalue weighted by Gasteiger charge is -2.21. The number of aromatic nitrogens is 1. The fraction of sp³-hybridized carbons (Fsp3) is 0.500. The molecule has 1 aliphatic rings. The molecule has 2 rings (SSSR count). The SMILES string of the molecule is CCN(CC1CC1)C(=O)c1ccnc(NN)c1F. The Labute approximate surface area is 105 Å². The molecule has 1 heterocycles. The van der Waals surface area contributed by atoms with E-state index in [-0.39, 0.29) is 17.3 Å². The number of nitrogens with one attached hydrogen (secondary N) is 1. The van der Waals surface area contributed by atoms with Gasteiger partial charge in [-0.25, -0.2) is 15.2 Å². The normalized spacial score (nSPS) is 14.4. The van der Waals surface area contributed by atoms with Crippen LogP contribution in [0.4, 0.5) is 10.2 Å². The number of rotatable bonds is 5. The molecule has 0 bridgehead atoms. The summed E-state index contributed by atoms with van der Waals surface area (Å²) in [6.07, 6.45) is 3.67. The highest BCUT2D eigenvalue weighted by Crippen LogP contribution is 2.30. The fourth-order valence-corrected chi connectivity index (χ4v) is 1.85. The third kappa shape index (κ3) is 2.59. The highest BCUT2D eigenvalue weighted by atomic mass is 19.1. The van der Waals surface area contributed by atoms with Crippen molar-refractivity contribution in [3.63, 3.8) is 0 Å². The molecule has 98 valence electrons. The van der Waals surface area contributed by atoms with E-state index in [9.17, 15) is 9.18 Å². The van der Waals surface area contributed by atoms with E-state index in [1.165, 1.54) is 12.3 Å². The Kier molecular flexibility index (Phi) is 3.76. The first kappa shape index (κ1) is 12.8. The van der Waals surface area contributed by atoms with Gasteiger partial charge in [-0.2, -0.15) is 0 Å². The standard InChI is InChI=1S/C12H17FN4O/c1-2-17(7-8-3-4-8)12(18)9-5-6-15-11(16-14)10(9)13/h5-6,8H,2-4,7,14H2,1H3,(H,15,16). The lowest BCUT2D eigenvalue weighted by atomic mass is 10.2. The van der Waals surface area contributed by atoms with E-state index in [4.69, 9.17) is 5.84 Å². The molecule has 5 nitrogen and oxygen atoms in total. The van der Waals surface area contributed by atoms with Crippen LogP contribution >= 0.6 is 0 Å². The van der Waals surface area contributed by atoms with Crippen molar-refractivity contribution in [2.75, 3.05) is 18.5 Å². The van der Waals surface area contributed by atoms with Gasteiger partial charge in [-0.3, -0.25) is 4.79 Å². The third-order valence-electron chi connectivity index (χ3n) is 3.10. The van der Waals surface area contributed by atoms with Crippen LogP contribution in [0, 0.1) is 11.7 Å². The van der Waals surface area contributed by atoms with Gasteiger partial charge in [0.05, 0.1) is 5.56 Å². The van der Waals surface area contributed by atoms with Gasteiger partial charge in [0.2, 0.25) is 0 Å². The number of nitrogens with two attached hydrogens (primary N) is 1. The second-order valence-electron chi connectivity index (χ2n) is 4.45. The van der Waals surface area contributed by atoms with Crippen molar-refractivity contribution >= 4 is 11.7 Å². The van der Waals surface area contributed by atoms with Gasteiger partial charge >= 0.3 is 0 Å². The van der Waals surface area contributed by atoms with Crippen LogP contribution in [0.2, 0.25) is 0 Å². The number of pyridine rings is 1. The van der Waals surface area contributed by atoms with Crippen LogP contribution in [0.1, 0.15) is 30.1 Å². The van der Waals surface area contributed by atoms with E-state index in [0.717, 1.165) is 12.8 Å². The monoisotopic (exact) mass is 252 g/mol. The smallest absolute Gasteiger partial charge is 0.257 e. The van der Waals surface area contributed by atoms with Gasteiger partial charge in [0.1, 0.15) is 0 Å². The van der Waals surface area contributed by atoms with Crippen molar-refractivity contribution in [3.8, 4) is 0 Å². The second-order valence-corrected chi connectivity index (χ2v) is 4.45. The first-order valence-electron chi connectivity index (χ1n) is 6.07. The molecule has 1 aromatic heterocycles. The number of nitrogens with zero attached hydrogens (tertiary/aromatic N) is 2. The Morgan fingerprint density at radius 2 is 2.39 bits per heavy atom. The highest BCUT2D eigenvalue weighted by molar-refractivity contribution is 5.95. The summed E-state index contributed by atoms with van der Waals surface area (Å²) >= 11 is 0. The molecule has 0 radical (unpaired) electrons. The predicted molar refractivity (Wildman–Crippen MR) is 66.3 cm³/mol. The molecule has 1 fully saturated rings. The maximum Gasteiger partial charge on any atom is 0.257 e. The van der Waals surface area contributed by atoms with Crippen LogP contribution < -0.4 is 11.3 Å². The lowest BCUT2D eigenvalue weighted by Crippen LogP contribution is -2.33. The largest absolute Gasteiger partial charge is 0.339 e. The minimum atomic E-state index is -0.695. The van der Waals surface area contributed by atoms with Crippen molar-refractivity contribution < 1.29 is 9.18 Å².